The Bertz CT molecular complexity index is 788. The number of hydrogen-bond acceptors (Lipinski definition) is 2. The Labute approximate surface area is 140 Å². The molecule has 118 valence electrons. The highest BCUT2D eigenvalue weighted by molar-refractivity contribution is 7.09. The van der Waals surface area contributed by atoms with Gasteiger partial charge in [-0.05, 0) is 35.9 Å². The van der Waals surface area contributed by atoms with Gasteiger partial charge >= 0.3 is 0 Å². The largest absolute Gasteiger partial charge is 0.350 e. The van der Waals surface area contributed by atoms with Gasteiger partial charge in [-0.1, -0.05) is 36.4 Å². The monoisotopic (exact) mass is 324 g/mol. The number of aryl methyl sites for hydroxylation is 2. The summed E-state index contributed by atoms with van der Waals surface area (Å²) in [6.45, 7) is 2.70. The van der Waals surface area contributed by atoms with E-state index >= 15 is 0 Å². The summed E-state index contributed by atoms with van der Waals surface area (Å²) in [4.78, 5) is 14.0. The fourth-order valence-electron chi connectivity index (χ4n) is 2.86. The van der Waals surface area contributed by atoms with E-state index in [9.17, 15) is 4.79 Å². The number of carbonyl (C=O) groups excluding carboxylic acids is 1. The first kappa shape index (κ1) is 15.6. The minimum atomic E-state index is -0.0176. The van der Waals surface area contributed by atoms with Crippen molar-refractivity contribution in [1.82, 2.24) is 9.88 Å². The molecule has 0 radical (unpaired) electrons. The summed E-state index contributed by atoms with van der Waals surface area (Å²) in [5, 5.41) is 5.11. The molecule has 1 aromatic carbocycles. The predicted molar refractivity (Wildman–Crippen MR) is 95.9 cm³/mol. The Kier molecular flexibility index (Phi) is 4.63. The Morgan fingerprint density at radius 2 is 1.96 bits per heavy atom. The third-order valence-corrected chi connectivity index (χ3v) is 4.82. The lowest BCUT2D eigenvalue weighted by Crippen LogP contribution is -2.27. The number of rotatable bonds is 5. The molecule has 2 heterocycles. The molecule has 1 amide bonds. The second kappa shape index (κ2) is 6.84. The van der Waals surface area contributed by atoms with E-state index in [1.54, 1.807) is 11.3 Å². The number of aromatic nitrogens is 1. The van der Waals surface area contributed by atoms with Crippen LogP contribution in [0, 0.1) is 6.92 Å². The van der Waals surface area contributed by atoms with Crippen LogP contribution in [0.3, 0.4) is 0 Å². The molecule has 3 rings (SSSR count). The molecule has 2 aromatic heterocycles. The molecule has 3 nitrogen and oxygen atoms in total. The van der Waals surface area contributed by atoms with Crippen LogP contribution in [-0.4, -0.2) is 17.0 Å². The van der Waals surface area contributed by atoms with E-state index in [1.165, 1.54) is 4.88 Å². The van der Waals surface area contributed by atoms with Crippen LogP contribution in [0.25, 0.3) is 11.1 Å². The van der Waals surface area contributed by atoms with Crippen molar-refractivity contribution in [3.63, 3.8) is 0 Å². The zero-order chi connectivity index (χ0) is 16.2. The smallest absolute Gasteiger partial charge is 0.268 e. The van der Waals surface area contributed by atoms with E-state index in [0.29, 0.717) is 6.54 Å². The average Bonchev–Trinajstić information content (AvgIpc) is 3.15. The summed E-state index contributed by atoms with van der Waals surface area (Å²) < 4.78 is 1.91. The van der Waals surface area contributed by atoms with E-state index in [0.717, 1.165) is 28.8 Å². The Balaban J connectivity index is 1.80. The van der Waals surface area contributed by atoms with Crippen LogP contribution in [0.2, 0.25) is 0 Å². The summed E-state index contributed by atoms with van der Waals surface area (Å²) in [7, 11) is 1.92. The van der Waals surface area contributed by atoms with E-state index in [-0.39, 0.29) is 5.91 Å². The van der Waals surface area contributed by atoms with Crippen LogP contribution < -0.4 is 5.32 Å². The molecule has 0 aliphatic carbocycles. The Morgan fingerprint density at radius 1 is 1.17 bits per heavy atom. The molecular weight excluding hydrogens is 304 g/mol. The standard InChI is InChI=1S/C19H20N2OS/c1-14-13-21(2)18(17(14)15-7-4-3-5-8-15)19(22)20-11-10-16-9-6-12-23-16/h3-9,12-13H,10-11H2,1-2H3,(H,20,22). The summed E-state index contributed by atoms with van der Waals surface area (Å²) >= 11 is 1.72. The highest BCUT2D eigenvalue weighted by Gasteiger charge is 2.19. The molecule has 0 saturated heterocycles. The number of benzene rings is 1. The Hall–Kier alpha value is -2.33. The predicted octanol–water partition coefficient (Wildman–Crippen LogP) is 4.03. The van der Waals surface area contributed by atoms with Crippen molar-refractivity contribution in [2.24, 2.45) is 7.05 Å². The fraction of sp³-hybridized carbons (Fsp3) is 0.211. The average molecular weight is 324 g/mol. The van der Waals surface area contributed by atoms with Crippen molar-refractivity contribution in [2.45, 2.75) is 13.3 Å². The lowest BCUT2D eigenvalue weighted by molar-refractivity contribution is 0.0947. The molecule has 0 aliphatic heterocycles. The van der Waals surface area contributed by atoms with Crippen LogP contribution in [0.5, 0.6) is 0 Å². The second-order valence-electron chi connectivity index (χ2n) is 5.60. The number of hydrogen-bond donors (Lipinski definition) is 1. The van der Waals surface area contributed by atoms with Gasteiger partial charge in [0.15, 0.2) is 0 Å². The topological polar surface area (TPSA) is 34.0 Å². The quantitative estimate of drug-likeness (QED) is 0.755. The van der Waals surface area contributed by atoms with E-state index in [4.69, 9.17) is 0 Å². The summed E-state index contributed by atoms with van der Waals surface area (Å²) in [5.41, 5.74) is 3.93. The maximum Gasteiger partial charge on any atom is 0.268 e. The number of thiophene rings is 1. The first-order valence-corrected chi connectivity index (χ1v) is 8.56. The third kappa shape index (κ3) is 3.37. The molecule has 3 aromatic rings. The van der Waals surface area contributed by atoms with Gasteiger partial charge in [-0.25, -0.2) is 0 Å². The highest BCUT2D eigenvalue weighted by Crippen LogP contribution is 2.28. The maximum atomic E-state index is 12.7. The minimum absolute atomic E-state index is 0.0176. The van der Waals surface area contributed by atoms with Crippen molar-refractivity contribution in [2.75, 3.05) is 6.54 Å². The van der Waals surface area contributed by atoms with Gasteiger partial charge in [0, 0.05) is 30.2 Å². The summed E-state index contributed by atoms with van der Waals surface area (Å²) in [6.07, 6.45) is 2.88. The maximum absolute atomic E-state index is 12.7. The van der Waals surface area contributed by atoms with Gasteiger partial charge in [-0.15, -0.1) is 11.3 Å². The Morgan fingerprint density at radius 3 is 2.65 bits per heavy atom. The first-order chi connectivity index (χ1) is 11.2. The van der Waals surface area contributed by atoms with Crippen molar-refractivity contribution in [3.8, 4) is 11.1 Å². The lowest BCUT2D eigenvalue weighted by atomic mass is 10.0. The van der Waals surface area contributed by atoms with Gasteiger partial charge in [-0.3, -0.25) is 4.79 Å². The number of nitrogens with zero attached hydrogens (tertiary/aromatic N) is 1. The third-order valence-electron chi connectivity index (χ3n) is 3.89. The molecule has 4 heteroatoms. The SMILES string of the molecule is Cc1cn(C)c(C(=O)NCCc2cccs2)c1-c1ccccc1. The van der Waals surface area contributed by atoms with Crippen molar-refractivity contribution in [1.29, 1.82) is 0 Å². The van der Waals surface area contributed by atoms with E-state index in [2.05, 4.69) is 16.8 Å². The zero-order valence-corrected chi connectivity index (χ0v) is 14.2. The number of carbonyl (C=O) groups is 1. The second-order valence-corrected chi connectivity index (χ2v) is 6.63. The molecule has 0 atom stereocenters. The van der Waals surface area contributed by atoms with Crippen LogP contribution in [0.15, 0.2) is 54.0 Å². The molecule has 0 saturated carbocycles. The summed E-state index contributed by atoms with van der Waals surface area (Å²) in [5.74, 6) is -0.0176. The zero-order valence-electron chi connectivity index (χ0n) is 13.4. The molecule has 0 bridgehead atoms. The van der Waals surface area contributed by atoms with Gasteiger partial charge in [0.25, 0.3) is 5.91 Å². The fourth-order valence-corrected chi connectivity index (χ4v) is 3.57. The van der Waals surface area contributed by atoms with Gasteiger partial charge < -0.3 is 9.88 Å². The van der Waals surface area contributed by atoms with Crippen molar-refractivity contribution >= 4 is 17.2 Å². The normalized spacial score (nSPS) is 10.7. The molecule has 1 N–H and O–H groups in total. The molecular formula is C19H20N2OS. The van der Waals surface area contributed by atoms with Crippen molar-refractivity contribution in [3.05, 3.63) is 70.2 Å². The lowest BCUT2D eigenvalue weighted by Gasteiger charge is -2.09. The highest BCUT2D eigenvalue weighted by atomic mass is 32.1. The van der Waals surface area contributed by atoms with Gasteiger partial charge in [-0.2, -0.15) is 0 Å². The first-order valence-electron chi connectivity index (χ1n) is 7.68. The minimum Gasteiger partial charge on any atom is -0.350 e. The van der Waals surface area contributed by atoms with E-state index in [1.807, 2.05) is 61.1 Å². The van der Waals surface area contributed by atoms with Crippen LogP contribution in [0.4, 0.5) is 0 Å². The molecule has 0 spiro atoms. The van der Waals surface area contributed by atoms with Crippen LogP contribution in [0.1, 0.15) is 20.9 Å². The van der Waals surface area contributed by atoms with Gasteiger partial charge in [0.05, 0.1) is 0 Å². The van der Waals surface area contributed by atoms with E-state index < -0.39 is 0 Å². The molecule has 0 fully saturated rings. The molecule has 0 aliphatic rings. The van der Waals surface area contributed by atoms with Crippen LogP contribution >= 0.6 is 11.3 Å². The van der Waals surface area contributed by atoms with Gasteiger partial charge in [0.2, 0.25) is 0 Å². The summed E-state index contributed by atoms with van der Waals surface area (Å²) in [6, 6.07) is 14.2. The molecule has 23 heavy (non-hydrogen) atoms. The van der Waals surface area contributed by atoms with Crippen molar-refractivity contribution < 1.29 is 4.79 Å². The number of nitrogens with one attached hydrogen (secondary N) is 1. The van der Waals surface area contributed by atoms with Crippen LogP contribution in [-0.2, 0) is 13.5 Å². The van der Waals surface area contributed by atoms with Gasteiger partial charge in [0.1, 0.15) is 5.69 Å². The number of amides is 1. The molecule has 0 unspecified atom stereocenters.